The maximum atomic E-state index is 12.7. The van der Waals surface area contributed by atoms with Crippen molar-refractivity contribution >= 4 is 0 Å². The largest absolute Gasteiger partial charge is 0.433 e. The van der Waals surface area contributed by atoms with Crippen LogP contribution in [0.25, 0.3) is 11.1 Å². The van der Waals surface area contributed by atoms with Crippen LogP contribution in [-0.2, 0) is 12.6 Å². The minimum absolute atomic E-state index is 0.486. The van der Waals surface area contributed by atoms with Gasteiger partial charge in [-0.15, -0.1) is 0 Å². The highest BCUT2D eigenvalue weighted by Gasteiger charge is 2.32. The average Bonchev–Trinajstić information content (AvgIpc) is 2.38. The van der Waals surface area contributed by atoms with E-state index in [9.17, 15) is 13.2 Å². The molecule has 0 amide bonds. The monoisotopic (exact) mass is 280 g/mol. The first-order valence-corrected chi connectivity index (χ1v) is 6.41. The average molecular weight is 280 g/mol. The summed E-state index contributed by atoms with van der Waals surface area (Å²) in [7, 11) is 0. The van der Waals surface area contributed by atoms with Crippen molar-refractivity contribution in [3.05, 3.63) is 47.5 Å². The Balaban J connectivity index is 2.41. The Bertz CT molecular complexity index is 606. The molecule has 0 bridgehead atoms. The van der Waals surface area contributed by atoms with E-state index in [1.165, 1.54) is 6.20 Å². The summed E-state index contributed by atoms with van der Waals surface area (Å²) in [4.78, 5) is 7.66. The van der Waals surface area contributed by atoms with Gasteiger partial charge in [0.2, 0.25) is 0 Å². The summed E-state index contributed by atoms with van der Waals surface area (Å²) in [6, 6.07) is 4.55. The summed E-state index contributed by atoms with van der Waals surface area (Å²) < 4.78 is 38.0. The zero-order chi connectivity index (χ0) is 14.8. The van der Waals surface area contributed by atoms with Gasteiger partial charge < -0.3 is 0 Å². The number of pyridine rings is 2. The fourth-order valence-corrected chi connectivity index (χ4v) is 2.06. The molecule has 0 unspecified atom stereocenters. The van der Waals surface area contributed by atoms with Gasteiger partial charge in [0.1, 0.15) is 5.69 Å². The molecule has 2 heterocycles. The van der Waals surface area contributed by atoms with Crippen molar-refractivity contribution in [3.8, 4) is 11.1 Å². The Morgan fingerprint density at radius 2 is 1.90 bits per heavy atom. The molecule has 0 saturated carbocycles. The van der Waals surface area contributed by atoms with E-state index in [-0.39, 0.29) is 0 Å². The van der Waals surface area contributed by atoms with Crippen LogP contribution in [0, 0.1) is 6.92 Å². The van der Waals surface area contributed by atoms with Gasteiger partial charge >= 0.3 is 6.18 Å². The molecule has 0 aromatic carbocycles. The van der Waals surface area contributed by atoms with Crippen molar-refractivity contribution in [2.45, 2.75) is 32.9 Å². The van der Waals surface area contributed by atoms with Crippen LogP contribution in [0.4, 0.5) is 13.2 Å². The molecule has 0 aliphatic heterocycles. The fourth-order valence-electron chi connectivity index (χ4n) is 2.06. The Morgan fingerprint density at radius 1 is 1.15 bits per heavy atom. The van der Waals surface area contributed by atoms with Crippen molar-refractivity contribution in [2.75, 3.05) is 0 Å². The van der Waals surface area contributed by atoms with Crippen LogP contribution < -0.4 is 0 Å². The summed E-state index contributed by atoms with van der Waals surface area (Å²) in [6.07, 6.45) is 0.234. The molecule has 2 nitrogen and oxygen atoms in total. The van der Waals surface area contributed by atoms with E-state index in [2.05, 4.69) is 16.9 Å². The van der Waals surface area contributed by atoms with E-state index in [1.54, 1.807) is 12.3 Å². The van der Waals surface area contributed by atoms with Crippen LogP contribution in [0.3, 0.4) is 0 Å². The number of nitrogens with zero attached hydrogens (tertiary/aromatic N) is 2. The minimum atomic E-state index is -4.43. The highest BCUT2D eigenvalue weighted by atomic mass is 19.4. The number of aromatic nitrogens is 2. The standard InChI is InChI=1S/C15H15F3N2/c1-3-4-12-7-10(2)13(9-20-12)11-5-6-19-14(8-11)15(16,17)18/h5-9H,3-4H2,1-2H3. The van der Waals surface area contributed by atoms with Crippen LogP contribution in [-0.4, -0.2) is 9.97 Å². The molecule has 106 valence electrons. The molecule has 20 heavy (non-hydrogen) atoms. The number of halogens is 3. The second kappa shape index (κ2) is 5.61. The summed E-state index contributed by atoms with van der Waals surface area (Å²) in [5, 5.41) is 0. The third kappa shape index (κ3) is 3.15. The van der Waals surface area contributed by atoms with Crippen molar-refractivity contribution in [1.82, 2.24) is 9.97 Å². The molecule has 0 saturated heterocycles. The SMILES string of the molecule is CCCc1cc(C)c(-c2ccnc(C(F)(F)F)c2)cn1. The van der Waals surface area contributed by atoms with E-state index in [1.807, 2.05) is 13.0 Å². The van der Waals surface area contributed by atoms with Crippen LogP contribution in [0.15, 0.2) is 30.6 Å². The predicted molar refractivity (Wildman–Crippen MR) is 71.2 cm³/mol. The van der Waals surface area contributed by atoms with E-state index >= 15 is 0 Å². The van der Waals surface area contributed by atoms with Crippen LogP contribution in [0.5, 0.6) is 0 Å². The minimum Gasteiger partial charge on any atom is -0.261 e. The van der Waals surface area contributed by atoms with Crippen molar-refractivity contribution < 1.29 is 13.2 Å². The maximum absolute atomic E-state index is 12.7. The van der Waals surface area contributed by atoms with Gasteiger partial charge in [0.05, 0.1) is 0 Å². The normalized spacial score (nSPS) is 11.7. The number of aryl methyl sites for hydroxylation is 2. The topological polar surface area (TPSA) is 25.8 Å². The smallest absolute Gasteiger partial charge is 0.261 e. The summed E-state index contributed by atoms with van der Waals surface area (Å²) in [5.41, 5.74) is 2.19. The van der Waals surface area contributed by atoms with Gasteiger partial charge in [-0.1, -0.05) is 13.3 Å². The Labute approximate surface area is 115 Å². The molecule has 0 atom stereocenters. The first kappa shape index (κ1) is 14.5. The van der Waals surface area contributed by atoms with Gasteiger partial charge in [-0.25, -0.2) is 0 Å². The van der Waals surface area contributed by atoms with E-state index in [4.69, 9.17) is 0 Å². The number of hydrogen-bond donors (Lipinski definition) is 0. The Kier molecular flexibility index (Phi) is 4.06. The van der Waals surface area contributed by atoms with Gasteiger partial charge in [-0.2, -0.15) is 13.2 Å². The first-order chi connectivity index (χ1) is 9.41. The molecule has 2 aromatic rings. The van der Waals surface area contributed by atoms with Crippen LogP contribution in [0.1, 0.15) is 30.3 Å². The molecule has 0 N–H and O–H groups in total. The lowest BCUT2D eigenvalue weighted by molar-refractivity contribution is -0.141. The summed E-state index contributed by atoms with van der Waals surface area (Å²) in [6.45, 7) is 3.94. The quantitative estimate of drug-likeness (QED) is 0.831. The summed E-state index contributed by atoms with van der Waals surface area (Å²) in [5.74, 6) is 0. The molecule has 2 rings (SSSR count). The molecule has 5 heteroatoms. The zero-order valence-corrected chi connectivity index (χ0v) is 11.3. The lowest BCUT2D eigenvalue weighted by Crippen LogP contribution is -2.07. The second-order valence-corrected chi connectivity index (χ2v) is 4.67. The van der Waals surface area contributed by atoms with Gasteiger partial charge in [0, 0.05) is 23.7 Å². The molecule has 0 spiro atoms. The first-order valence-electron chi connectivity index (χ1n) is 6.41. The number of alkyl halides is 3. The molecule has 2 aromatic heterocycles. The second-order valence-electron chi connectivity index (χ2n) is 4.67. The molecule has 0 aliphatic carbocycles. The van der Waals surface area contributed by atoms with Crippen LogP contribution >= 0.6 is 0 Å². The van der Waals surface area contributed by atoms with Gasteiger partial charge in [-0.05, 0) is 42.7 Å². The number of hydrogen-bond acceptors (Lipinski definition) is 2. The third-order valence-corrected chi connectivity index (χ3v) is 3.03. The molecule has 0 aliphatic rings. The van der Waals surface area contributed by atoms with E-state index in [0.29, 0.717) is 11.1 Å². The molecular weight excluding hydrogens is 265 g/mol. The van der Waals surface area contributed by atoms with Crippen molar-refractivity contribution in [2.24, 2.45) is 0 Å². The zero-order valence-electron chi connectivity index (χ0n) is 11.3. The van der Waals surface area contributed by atoms with Crippen molar-refractivity contribution in [1.29, 1.82) is 0 Å². The summed E-state index contributed by atoms with van der Waals surface area (Å²) >= 11 is 0. The van der Waals surface area contributed by atoms with Gasteiger partial charge in [-0.3, -0.25) is 9.97 Å². The predicted octanol–water partition coefficient (Wildman–Crippen LogP) is 4.42. The van der Waals surface area contributed by atoms with E-state index < -0.39 is 11.9 Å². The highest BCUT2D eigenvalue weighted by molar-refractivity contribution is 5.66. The maximum Gasteiger partial charge on any atom is 0.433 e. The molecule has 0 fully saturated rings. The van der Waals surface area contributed by atoms with Crippen molar-refractivity contribution in [3.63, 3.8) is 0 Å². The Morgan fingerprint density at radius 3 is 2.50 bits per heavy atom. The molecular formula is C15H15F3N2. The van der Waals surface area contributed by atoms with E-state index in [0.717, 1.165) is 30.2 Å². The van der Waals surface area contributed by atoms with Gasteiger partial charge in [0.25, 0.3) is 0 Å². The fraction of sp³-hybridized carbons (Fsp3) is 0.333. The lowest BCUT2D eigenvalue weighted by atomic mass is 10.0. The van der Waals surface area contributed by atoms with Gasteiger partial charge in [0.15, 0.2) is 0 Å². The lowest BCUT2D eigenvalue weighted by Gasteiger charge is -2.10. The number of rotatable bonds is 3. The highest BCUT2D eigenvalue weighted by Crippen LogP contribution is 2.31. The Hall–Kier alpha value is -1.91. The van der Waals surface area contributed by atoms with Crippen LogP contribution in [0.2, 0.25) is 0 Å². The molecule has 0 radical (unpaired) electrons. The third-order valence-electron chi connectivity index (χ3n) is 3.03.